The highest BCUT2D eigenvalue weighted by Crippen LogP contribution is 2.18. The largest absolute Gasteiger partial charge is 0.496 e. The molecule has 1 aromatic carbocycles. The van der Waals surface area contributed by atoms with E-state index in [1.807, 2.05) is 24.3 Å². The summed E-state index contributed by atoms with van der Waals surface area (Å²) in [5.74, 6) is 1.02. The van der Waals surface area contributed by atoms with Gasteiger partial charge in [-0.2, -0.15) is 0 Å². The van der Waals surface area contributed by atoms with Gasteiger partial charge in [0.1, 0.15) is 5.75 Å². The molecule has 0 spiro atoms. The van der Waals surface area contributed by atoms with Crippen molar-refractivity contribution in [1.82, 2.24) is 9.55 Å². The summed E-state index contributed by atoms with van der Waals surface area (Å²) in [5.41, 5.74) is 0.863. The Morgan fingerprint density at radius 1 is 1.39 bits per heavy atom. The van der Waals surface area contributed by atoms with Gasteiger partial charge >= 0.3 is 0 Å². The van der Waals surface area contributed by atoms with Crippen LogP contribution in [0.25, 0.3) is 6.08 Å². The molecule has 18 heavy (non-hydrogen) atoms. The average molecular weight is 242 g/mol. The zero-order chi connectivity index (χ0) is 13.0. The number of ether oxygens (including phenoxy) is 1. The summed E-state index contributed by atoms with van der Waals surface area (Å²) in [6.07, 6.45) is 6.57. The van der Waals surface area contributed by atoms with E-state index in [0.717, 1.165) is 11.3 Å². The Kier molecular flexibility index (Phi) is 3.57. The summed E-state index contributed by atoms with van der Waals surface area (Å²) in [6, 6.07) is 7.52. The number of hydrogen-bond acceptors (Lipinski definition) is 3. The second-order valence-electron chi connectivity index (χ2n) is 3.80. The van der Waals surface area contributed by atoms with Gasteiger partial charge in [0.2, 0.25) is 5.78 Å². The molecule has 0 fully saturated rings. The summed E-state index contributed by atoms with van der Waals surface area (Å²) >= 11 is 0. The first-order valence-corrected chi connectivity index (χ1v) is 5.55. The number of ketones is 1. The molecule has 0 aliphatic carbocycles. The van der Waals surface area contributed by atoms with Crippen LogP contribution >= 0.6 is 0 Å². The molecule has 0 saturated heterocycles. The number of methoxy groups -OCH3 is 1. The smallest absolute Gasteiger partial charge is 0.221 e. The SMILES string of the molecule is COc1ccccc1/C=C/C(=O)c1nccn1C. The molecule has 2 rings (SSSR count). The number of benzene rings is 1. The van der Waals surface area contributed by atoms with Crippen molar-refractivity contribution < 1.29 is 9.53 Å². The van der Waals surface area contributed by atoms with Crippen molar-refractivity contribution in [2.45, 2.75) is 0 Å². The van der Waals surface area contributed by atoms with Crippen LogP contribution in [-0.4, -0.2) is 22.4 Å². The Balaban J connectivity index is 2.21. The van der Waals surface area contributed by atoms with Gasteiger partial charge < -0.3 is 9.30 Å². The van der Waals surface area contributed by atoms with Gasteiger partial charge in [-0.1, -0.05) is 18.2 Å². The first-order valence-electron chi connectivity index (χ1n) is 5.55. The van der Waals surface area contributed by atoms with Crippen LogP contribution in [0.4, 0.5) is 0 Å². The van der Waals surface area contributed by atoms with E-state index in [1.165, 1.54) is 6.08 Å². The third kappa shape index (κ3) is 2.48. The van der Waals surface area contributed by atoms with Gasteiger partial charge in [0, 0.05) is 25.0 Å². The average Bonchev–Trinajstić information content (AvgIpc) is 2.82. The first kappa shape index (κ1) is 12.1. The third-order valence-corrected chi connectivity index (χ3v) is 2.59. The highest BCUT2D eigenvalue weighted by Gasteiger charge is 2.07. The number of rotatable bonds is 4. The fourth-order valence-electron chi connectivity index (χ4n) is 1.65. The van der Waals surface area contributed by atoms with Crippen molar-refractivity contribution in [3.05, 3.63) is 54.1 Å². The summed E-state index contributed by atoms with van der Waals surface area (Å²) < 4.78 is 6.90. The predicted octanol–water partition coefficient (Wildman–Crippen LogP) is 2.32. The van der Waals surface area contributed by atoms with E-state index in [1.54, 1.807) is 37.2 Å². The van der Waals surface area contributed by atoms with Gasteiger partial charge in [-0.15, -0.1) is 0 Å². The standard InChI is InChI=1S/C14H14N2O2/c1-16-10-9-15-14(16)12(17)8-7-11-5-3-4-6-13(11)18-2/h3-10H,1-2H3/b8-7+. The summed E-state index contributed by atoms with van der Waals surface area (Å²) in [5, 5.41) is 0. The Labute approximate surface area is 106 Å². The first-order chi connectivity index (χ1) is 8.72. The van der Waals surface area contributed by atoms with Crippen molar-refractivity contribution in [2.75, 3.05) is 7.11 Å². The van der Waals surface area contributed by atoms with Gasteiger partial charge in [0.15, 0.2) is 5.82 Å². The number of nitrogens with zero attached hydrogens (tertiary/aromatic N) is 2. The summed E-state index contributed by atoms with van der Waals surface area (Å²) in [4.78, 5) is 15.9. The maximum atomic E-state index is 11.9. The monoisotopic (exact) mass is 242 g/mol. The molecule has 0 unspecified atom stereocenters. The highest BCUT2D eigenvalue weighted by atomic mass is 16.5. The van der Waals surface area contributed by atoms with Gasteiger partial charge in [-0.05, 0) is 18.2 Å². The number of imidazole rings is 1. The van der Waals surface area contributed by atoms with Crippen molar-refractivity contribution in [3.63, 3.8) is 0 Å². The lowest BCUT2D eigenvalue weighted by atomic mass is 10.1. The zero-order valence-corrected chi connectivity index (χ0v) is 10.3. The number of allylic oxidation sites excluding steroid dienone is 1. The van der Waals surface area contributed by atoms with Crippen LogP contribution in [0.3, 0.4) is 0 Å². The molecule has 0 amide bonds. The van der Waals surface area contributed by atoms with Gasteiger partial charge in [0.25, 0.3) is 0 Å². The topological polar surface area (TPSA) is 44.1 Å². The minimum atomic E-state index is -0.131. The van der Waals surface area contributed by atoms with Crippen LogP contribution in [-0.2, 0) is 7.05 Å². The van der Waals surface area contributed by atoms with Crippen LogP contribution in [0.15, 0.2) is 42.7 Å². The van der Waals surface area contributed by atoms with Crippen LogP contribution < -0.4 is 4.74 Å². The Morgan fingerprint density at radius 3 is 2.83 bits per heavy atom. The lowest BCUT2D eigenvalue weighted by Crippen LogP contribution is -2.03. The number of aryl methyl sites for hydroxylation is 1. The van der Waals surface area contributed by atoms with Crippen LogP contribution in [0.5, 0.6) is 5.75 Å². The molecule has 0 atom stereocenters. The van der Waals surface area contributed by atoms with Gasteiger partial charge in [-0.25, -0.2) is 4.98 Å². The van der Waals surface area contributed by atoms with E-state index in [2.05, 4.69) is 4.98 Å². The molecule has 1 aromatic heterocycles. The molecule has 0 saturated carbocycles. The molecule has 0 aliphatic rings. The number of aromatic nitrogens is 2. The second-order valence-corrected chi connectivity index (χ2v) is 3.80. The quantitative estimate of drug-likeness (QED) is 0.610. The predicted molar refractivity (Wildman–Crippen MR) is 69.6 cm³/mol. The van der Waals surface area contributed by atoms with E-state index in [4.69, 9.17) is 4.74 Å². The molecule has 0 radical (unpaired) electrons. The Hall–Kier alpha value is -2.36. The van der Waals surface area contributed by atoms with Crippen molar-refractivity contribution in [1.29, 1.82) is 0 Å². The summed E-state index contributed by atoms with van der Waals surface area (Å²) in [7, 11) is 3.39. The second kappa shape index (κ2) is 5.31. The molecule has 0 bridgehead atoms. The van der Waals surface area contributed by atoms with Crippen LogP contribution in [0, 0.1) is 0 Å². The van der Waals surface area contributed by atoms with Gasteiger partial charge in [-0.3, -0.25) is 4.79 Å². The molecule has 1 heterocycles. The van der Waals surface area contributed by atoms with E-state index in [0.29, 0.717) is 5.82 Å². The minimum Gasteiger partial charge on any atom is -0.496 e. The molecule has 0 aliphatic heterocycles. The van der Waals surface area contributed by atoms with Crippen molar-refractivity contribution >= 4 is 11.9 Å². The number of para-hydroxylation sites is 1. The maximum absolute atomic E-state index is 11.9. The van der Waals surface area contributed by atoms with Crippen molar-refractivity contribution in [3.8, 4) is 5.75 Å². The lowest BCUT2D eigenvalue weighted by molar-refractivity contribution is 0.103. The molecular formula is C14H14N2O2. The van der Waals surface area contributed by atoms with Crippen LogP contribution in [0.2, 0.25) is 0 Å². The molecule has 2 aromatic rings. The maximum Gasteiger partial charge on any atom is 0.221 e. The van der Waals surface area contributed by atoms with Crippen LogP contribution in [0.1, 0.15) is 16.2 Å². The fourth-order valence-corrected chi connectivity index (χ4v) is 1.65. The van der Waals surface area contributed by atoms with Crippen molar-refractivity contribution in [2.24, 2.45) is 7.05 Å². The Bertz CT molecular complexity index is 585. The van der Waals surface area contributed by atoms with E-state index in [-0.39, 0.29) is 5.78 Å². The molecule has 0 N–H and O–H groups in total. The normalized spacial score (nSPS) is 10.8. The zero-order valence-electron chi connectivity index (χ0n) is 10.3. The molecular weight excluding hydrogens is 228 g/mol. The third-order valence-electron chi connectivity index (χ3n) is 2.59. The number of carbonyl (C=O) groups is 1. The lowest BCUT2D eigenvalue weighted by Gasteiger charge is -2.03. The van der Waals surface area contributed by atoms with E-state index < -0.39 is 0 Å². The van der Waals surface area contributed by atoms with E-state index in [9.17, 15) is 4.79 Å². The van der Waals surface area contributed by atoms with Gasteiger partial charge in [0.05, 0.1) is 7.11 Å². The fraction of sp³-hybridized carbons (Fsp3) is 0.143. The van der Waals surface area contributed by atoms with E-state index >= 15 is 0 Å². The molecule has 4 nitrogen and oxygen atoms in total. The Morgan fingerprint density at radius 2 is 2.17 bits per heavy atom. The minimum absolute atomic E-state index is 0.131. The summed E-state index contributed by atoms with van der Waals surface area (Å²) in [6.45, 7) is 0. The molecule has 92 valence electrons. The number of hydrogen-bond donors (Lipinski definition) is 0. The number of carbonyl (C=O) groups excluding carboxylic acids is 1. The highest BCUT2D eigenvalue weighted by molar-refractivity contribution is 6.04. The molecule has 4 heteroatoms.